The van der Waals surface area contributed by atoms with Gasteiger partial charge in [0.05, 0.1) is 6.61 Å². The number of carbonyl (C=O) groups is 1. The molecule has 126 valence electrons. The predicted molar refractivity (Wildman–Crippen MR) is 100 cm³/mol. The van der Waals surface area contributed by atoms with Gasteiger partial charge in [-0.15, -0.1) is 11.8 Å². The van der Waals surface area contributed by atoms with Crippen LogP contribution in [0.4, 0.5) is 5.69 Å². The zero-order valence-electron chi connectivity index (χ0n) is 13.4. The van der Waals surface area contributed by atoms with Crippen LogP contribution in [-0.4, -0.2) is 18.3 Å². The van der Waals surface area contributed by atoms with Crippen molar-refractivity contribution in [1.82, 2.24) is 0 Å². The summed E-state index contributed by atoms with van der Waals surface area (Å²) < 4.78 is 5.83. The smallest absolute Gasteiger partial charge is 0.224 e. The molecule has 24 heavy (non-hydrogen) atoms. The molecule has 2 aromatic rings. The van der Waals surface area contributed by atoms with Crippen molar-refractivity contribution in [3.63, 3.8) is 0 Å². The highest BCUT2D eigenvalue weighted by Gasteiger charge is 2.14. The number of ether oxygens (including phenoxy) is 1. The van der Waals surface area contributed by atoms with E-state index in [1.807, 2.05) is 42.1 Å². The maximum atomic E-state index is 11.4. The summed E-state index contributed by atoms with van der Waals surface area (Å²) in [7, 11) is 0. The van der Waals surface area contributed by atoms with E-state index in [1.165, 1.54) is 4.90 Å². The lowest BCUT2D eigenvalue weighted by atomic mass is 10.0. The Kier molecular flexibility index (Phi) is 6.05. The second-order valence-corrected chi connectivity index (χ2v) is 7.33. The largest absolute Gasteiger partial charge is 0.494 e. The van der Waals surface area contributed by atoms with Gasteiger partial charge in [0.1, 0.15) is 5.75 Å². The van der Waals surface area contributed by atoms with Gasteiger partial charge in [0.25, 0.3) is 0 Å². The van der Waals surface area contributed by atoms with Crippen LogP contribution in [0.2, 0.25) is 5.02 Å². The van der Waals surface area contributed by atoms with Crippen LogP contribution in [0.3, 0.4) is 0 Å². The number of rotatable bonds is 7. The summed E-state index contributed by atoms with van der Waals surface area (Å²) in [5.41, 5.74) is 2.07. The third-order valence-corrected chi connectivity index (χ3v) is 5.21. The fourth-order valence-electron chi connectivity index (χ4n) is 2.56. The molecular formula is C19H20ClNO2S. The van der Waals surface area contributed by atoms with Crippen molar-refractivity contribution < 1.29 is 9.53 Å². The molecule has 2 aromatic carbocycles. The first-order valence-electron chi connectivity index (χ1n) is 8.15. The van der Waals surface area contributed by atoms with Crippen LogP contribution in [0, 0.1) is 0 Å². The number of aryl methyl sites for hydroxylation is 1. The van der Waals surface area contributed by atoms with Crippen molar-refractivity contribution in [3.05, 3.63) is 53.1 Å². The monoisotopic (exact) mass is 361 g/mol. The number of benzene rings is 2. The minimum atomic E-state index is 0.0920. The topological polar surface area (TPSA) is 38.3 Å². The number of halogens is 1. The molecule has 0 bridgehead atoms. The van der Waals surface area contributed by atoms with E-state index in [1.54, 1.807) is 0 Å². The van der Waals surface area contributed by atoms with Crippen molar-refractivity contribution in [2.24, 2.45) is 0 Å². The summed E-state index contributed by atoms with van der Waals surface area (Å²) in [6.45, 7) is 0.715. The van der Waals surface area contributed by atoms with E-state index in [2.05, 4.69) is 17.4 Å². The molecule has 0 aliphatic carbocycles. The van der Waals surface area contributed by atoms with Gasteiger partial charge in [-0.3, -0.25) is 4.79 Å². The molecule has 3 nitrogen and oxygen atoms in total. The quantitative estimate of drug-likeness (QED) is 0.545. The molecule has 1 aliphatic rings. The van der Waals surface area contributed by atoms with Gasteiger partial charge in [-0.05, 0) is 73.0 Å². The zero-order valence-corrected chi connectivity index (χ0v) is 15.0. The molecule has 0 aromatic heterocycles. The second-order valence-electron chi connectivity index (χ2n) is 5.73. The van der Waals surface area contributed by atoms with Crippen LogP contribution in [-0.2, 0) is 11.2 Å². The molecule has 0 unspecified atom stereocenters. The number of anilines is 1. The predicted octanol–water partition coefficient (Wildman–Crippen LogP) is 5.18. The van der Waals surface area contributed by atoms with Gasteiger partial charge < -0.3 is 10.1 Å². The van der Waals surface area contributed by atoms with Crippen LogP contribution in [0.5, 0.6) is 5.75 Å². The third kappa shape index (κ3) is 4.92. The Bertz CT molecular complexity index is 703. The van der Waals surface area contributed by atoms with Gasteiger partial charge in [-0.25, -0.2) is 0 Å². The summed E-state index contributed by atoms with van der Waals surface area (Å²) in [6.07, 6.45) is 3.47. The second kappa shape index (κ2) is 8.45. The van der Waals surface area contributed by atoms with E-state index in [4.69, 9.17) is 16.3 Å². The fraction of sp³-hybridized carbons (Fsp3) is 0.316. The van der Waals surface area contributed by atoms with Crippen molar-refractivity contribution in [2.75, 3.05) is 17.7 Å². The van der Waals surface area contributed by atoms with E-state index in [0.717, 1.165) is 47.0 Å². The molecule has 0 atom stereocenters. The van der Waals surface area contributed by atoms with Crippen molar-refractivity contribution in [1.29, 1.82) is 0 Å². The number of unbranched alkanes of at least 4 members (excludes halogenated alkanes) is 1. The summed E-state index contributed by atoms with van der Waals surface area (Å²) in [4.78, 5) is 12.6. The number of hydrogen-bond donors (Lipinski definition) is 1. The van der Waals surface area contributed by atoms with Crippen LogP contribution in [0.1, 0.15) is 24.8 Å². The molecule has 0 radical (unpaired) electrons. The Balaban J connectivity index is 1.36. The minimum absolute atomic E-state index is 0.0920. The summed E-state index contributed by atoms with van der Waals surface area (Å²) in [5.74, 6) is 2.05. The average Bonchev–Trinajstić information content (AvgIpc) is 2.59. The lowest BCUT2D eigenvalue weighted by molar-refractivity contribution is -0.116. The molecule has 1 N–H and O–H groups in total. The first-order chi connectivity index (χ1) is 11.7. The van der Waals surface area contributed by atoms with Crippen molar-refractivity contribution in [2.45, 2.75) is 30.6 Å². The molecule has 0 saturated carbocycles. The van der Waals surface area contributed by atoms with E-state index in [0.29, 0.717) is 13.0 Å². The maximum absolute atomic E-state index is 11.4. The Morgan fingerprint density at radius 2 is 1.92 bits per heavy atom. The van der Waals surface area contributed by atoms with Gasteiger partial charge in [-0.1, -0.05) is 11.6 Å². The van der Waals surface area contributed by atoms with Crippen LogP contribution >= 0.6 is 23.4 Å². The van der Waals surface area contributed by atoms with Gasteiger partial charge in [-0.2, -0.15) is 0 Å². The molecule has 1 amide bonds. The normalized spacial score (nSPS) is 13.3. The fourth-order valence-corrected chi connectivity index (χ4v) is 3.60. The summed E-state index contributed by atoms with van der Waals surface area (Å²) in [6, 6.07) is 13.8. The van der Waals surface area contributed by atoms with Crippen LogP contribution < -0.4 is 10.1 Å². The van der Waals surface area contributed by atoms with Gasteiger partial charge in [0.15, 0.2) is 0 Å². The number of nitrogens with one attached hydrogen (secondary N) is 1. The summed E-state index contributed by atoms with van der Waals surface area (Å²) in [5, 5.41) is 3.66. The molecule has 3 rings (SSSR count). The van der Waals surface area contributed by atoms with Crippen molar-refractivity contribution in [3.8, 4) is 5.75 Å². The lowest BCUT2D eigenvalue weighted by Gasteiger charge is -2.17. The van der Waals surface area contributed by atoms with E-state index < -0.39 is 0 Å². The molecule has 1 heterocycles. The zero-order chi connectivity index (χ0) is 16.8. The first-order valence-corrected chi connectivity index (χ1v) is 9.51. The van der Waals surface area contributed by atoms with Gasteiger partial charge >= 0.3 is 0 Å². The van der Waals surface area contributed by atoms with Crippen LogP contribution in [0.25, 0.3) is 0 Å². The standard InChI is InChI=1S/C19H20ClNO2S/c20-15-4-7-17(8-5-15)24-12-2-1-11-23-16-6-9-18-14(13-16)3-10-19(22)21-18/h4-9,13H,1-3,10-12H2,(H,21,22). The highest BCUT2D eigenvalue weighted by atomic mass is 35.5. The number of fused-ring (bicyclic) bond motifs is 1. The Morgan fingerprint density at radius 1 is 1.08 bits per heavy atom. The Morgan fingerprint density at radius 3 is 2.75 bits per heavy atom. The Hall–Kier alpha value is -1.65. The van der Waals surface area contributed by atoms with Gasteiger partial charge in [0.2, 0.25) is 5.91 Å². The third-order valence-electron chi connectivity index (χ3n) is 3.86. The first kappa shape index (κ1) is 17.2. The van der Waals surface area contributed by atoms with Crippen LogP contribution in [0.15, 0.2) is 47.4 Å². The highest BCUT2D eigenvalue weighted by molar-refractivity contribution is 7.99. The van der Waals surface area contributed by atoms with Gasteiger partial charge in [0, 0.05) is 22.0 Å². The molecule has 0 fully saturated rings. The highest BCUT2D eigenvalue weighted by Crippen LogP contribution is 2.27. The number of carbonyl (C=O) groups excluding carboxylic acids is 1. The number of amides is 1. The molecule has 1 aliphatic heterocycles. The molecular weight excluding hydrogens is 342 g/mol. The lowest BCUT2D eigenvalue weighted by Crippen LogP contribution is -2.18. The van der Waals surface area contributed by atoms with E-state index >= 15 is 0 Å². The number of thioether (sulfide) groups is 1. The van der Waals surface area contributed by atoms with Crippen molar-refractivity contribution >= 4 is 35.0 Å². The molecule has 0 spiro atoms. The SMILES string of the molecule is O=C1CCc2cc(OCCCCSc3ccc(Cl)cc3)ccc2N1. The average molecular weight is 362 g/mol. The molecule has 0 saturated heterocycles. The summed E-state index contributed by atoms with van der Waals surface area (Å²) >= 11 is 7.72. The Labute approximate surface area is 151 Å². The maximum Gasteiger partial charge on any atom is 0.224 e. The molecule has 5 heteroatoms. The van der Waals surface area contributed by atoms with E-state index in [-0.39, 0.29) is 5.91 Å². The minimum Gasteiger partial charge on any atom is -0.494 e. The number of hydrogen-bond acceptors (Lipinski definition) is 3. The van der Waals surface area contributed by atoms with E-state index in [9.17, 15) is 4.79 Å².